The van der Waals surface area contributed by atoms with Crippen molar-refractivity contribution in [1.29, 1.82) is 0 Å². The highest BCUT2D eigenvalue weighted by molar-refractivity contribution is 8.00. The zero-order valence-electron chi connectivity index (χ0n) is 15.0. The van der Waals surface area contributed by atoms with Crippen LogP contribution in [0, 0.1) is 0 Å². The summed E-state index contributed by atoms with van der Waals surface area (Å²) in [6.07, 6.45) is 2.88. The van der Waals surface area contributed by atoms with Crippen molar-refractivity contribution in [2.45, 2.75) is 30.4 Å². The molecule has 8 heteroatoms. The van der Waals surface area contributed by atoms with Crippen LogP contribution in [0.4, 0.5) is 10.5 Å². The summed E-state index contributed by atoms with van der Waals surface area (Å²) in [5.41, 5.74) is 3.43. The van der Waals surface area contributed by atoms with Gasteiger partial charge in [-0.2, -0.15) is 0 Å². The lowest BCUT2D eigenvalue weighted by molar-refractivity contribution is -0.129. The van der Waals surface area contributed by atoms with Crippen molar-refractivity contribution in [1.82, 2.24) is 5.48 Å². The Kier molecular flexibility index (Phi) is 6.41. The van der Waals surface area contributed by atoms with Gasteiger partial charge in [-0.15, -0.1) is 23.1 Å². The lowest BCUT2D eigenvalue weighted by Gasteiger charge is -2.35. The smallest absolute Gasteiger partial charge is 0.411 e. The van der Waals surface area contributed by atoms with E-state index in [4.69, 9.17) is 5.21 Å². The number of carbonyl (C=O) groups excluding carboxylic acids is 2. The van der Waals surface area contributed by atoms with Crippen LogP contribution in [0.5, 0.6) is 0 Å². The van der Waals surface area contributed by atoms with Gasteiger partial charge in [0.1, 0.15) is 0 Å². The quantitative estimate of drug-likeness (QED) is 0.499. The zero-order valence-corrected chi connectivity index (χ0v) is 16.6. The van der Waals surface area contributed by atoms with Crippen LogP contribution in [0.3, 0.4) is 0 Å². The Labute approximate surface area is 166 Å². The molecule has 1 saturated heterocycles. The molecule has 2 amide bonds. The predicted octanol–water partition coefficient (Wildman–Crippen LogP) is 4.60. The van der Waals surface area contributed by atoms with E-state index in [0.29, 0.717) is 5.69 Å². The van der Waals surface area contributed by atoms with Crippen LogP contribution >= 0.6 is 23.1 Å². The molecule has 0 radical (unpaired) electrons. The van der Waals surface area contributed by atoms with E-state index in [0.717, 1.165) is 40.3 Å². The van der Waals surface area contributed by atoms with E-state index < -0.39 is 6.09 Å². The molecule has 1 atom stereocenters. The molecule has 2 heterocycles. The average Bonchev–Trinajstić information content (AvgIpc) is 3.20. The number of ether oxygens (including phenoxy) is 1. The van der Waals surface area contributed by atoms with E-state index in [1.165, 1.54) is 7.11 Å². The van der Waals surface area contributed by atoms with Gasteiger partial charge in [-0.25, -0.2) is 10.3 Å². The maximum Gasteiger partial charge on any atom is 0.411 e. The molecule has 1 aromatic heterocycles. The molecule has 0 saturated carbocycles. The van der Waals surface area contributed by atoms with E-state index in [1.807, 2.05) is 24.3 Å². The number of nitrogens with one attached hydrogen (secondary N) is 2. The molecule has 1 aliphatic rings. The van der Waals surface area contributed by atoms with Gasteiger partial charge in [-0.1, -0.05) is 18.6 Å². The zero-order chi connectivity index (χ0) is 19.3. The molecule has 0 spiro atoms. The van der Waals surface area contributed by atoms with Crippen molar-refractivity contribution in [2.75, 3.05) is 18.2 Å². The predicted molar refractivity (Wildman–Crippen MR) is 108 cm³/mol. The number of anilines is 1. The summed E-state index contributed by atoms with van der Waals surface area (Å²) < 4.78 is 4.34. The lowest BCUT2D eigenvalue weighted by Crippen LogP contribution is -2.32. The minimum Gasteiger partial charge on any atom is -0.453 e. The molecule has 1 aromatic carbocycles. The number of methoxy groups -OCH3 is 1. The Bertz CT molecular complexity index is 816. The van der Waals surface area contributed by atoms with Crippen molar-refractivity contribution in [3.63, 3.8) is 0 Å². The molecule has 0 unspecified atom stereocenters. The molecule has 3 N–H and O–H groups in total. The molecule has 2 aromatic rings. The number of thiophene rings is 1. The second-order valence-corrected chi connectivity index (χ2v) is 8.94. The maximum absolute atomic E-state index is 11.9. The summed E-state index contributed by atoms with van der Waals surface area (Å²) in [6.45, 7) is 0. The number of hydrogen-bond acceptors (Lipinski definition) is 6. The summed E-state index contributed by atoms with van der Waals surface area (Å²) in [7, 11) is 1.33. The van der Waals surface area contributed by atoms with Crippen molar-refractivity contribution >= 4 is 40.8 Å². The molecule has 0 bridgehead atoms. The van der Waals surface area contributed by atoms with Crippen LogP contribution < -0.4 is 10.8 Å². The number of carbonyl (C=O) groups is 2. The summed E-state index contributed by atoms with van der Waals surface area (Å²) in [4.78, 5) is 25.5. The number of hydrogen-bond donors (Lipinski definition) is 3. The van der Waals surface area contributed by atoms with Gasteiger partial charge >= 0.3 is 6.09 Å². The molecule has 0 aliphatic carbocycles. The molecule has 144 valence electrons. The summed E-state index contributed by atoms with van der Waals surface area (Å²) in [5, 5.41) is 11.7. The Morgan fingerprint density at radius 3 is 2.81 bits per heavy atom. The van der Waals surface area contributed by atoms with E-state index in [1.54, 1.807) is 34.6 Å². The minimum absolute atomic E-state index is 0.262. The van der Waals surface area contributed by atoms with E-state index in [2.05, 4.69) is 16.1 Å². The number of benzene rings is 1. The van der Waals surface area contributed by atoms with Crippen molar-refractivity contribution in [2.24, 2.45) is 0 Å². The fourth-order valence-corrected chi connectivity index (χ4v) is 6.12. The fraction of sp³-hybridized carbons (Fsp3) is 0.368. The second-order valence-electron chi connectivity index (χ2n) is 6.37. The number of amides is 2. The summed E-state index contributed by atoms with van der Waals surface area (Å²) >= 11 is 3.45. The topological polar surface area (TPSA) is 87.7 Å². The molecule has 1 fully saturated rings. The molecular weight excluding hydrogens is 384 g/mol. The highest BCUT2D eigenvalue weighted by Gasteiger charge is 2.38. The Balaban J connectivity index is 1.87. The van der Waals surface area contributed by atoms with Gasteiger partial charge in [0.15, 0.2) is 0 Å². The fourth-order valence-electron chi connectivity index (χ4n) is 3.23. The van der Waals surface area contributed by atoms with Gasteiger partial charge in [0, 0.05) is 21.9 Å². The third kappa shape index (κ3) is 4.63. The average molecular weight is 407 g/mol. The van der Waals surface area contributed by atoms with Crippen LogP contribution in [0.25, 0.3) is 10.4 Å². The molecule has 6 nitrogen and oxygen atoms in total. The minimum atomic E-state index is -0.508. The van der Waals surface area contributed by atoms with Crippen LogP contribution in [-0.4, -0.2) is 30.1 Å². The lowest BCUT2D eigenvalue weighted by atomic mass is 9.94. The first-order valence-electron chi connectivity index (χ1n) is 8.69. The Morgan fingerprint density at radius 1 is 1.26 bits per heavy atom. The number of hydroxylamine groups is 1. The van der Waals surface area contributed by atoms with Crippen molar-refractivity contribution in [3.05, 3.63) is 41.3 Å². The Hall–Kier alpha value is -2.03. The van der Waals surface area contributed by atoms with Gasteiger partial charge in [-0.05, 0) is 48.4 Å². The monoisotopic (exact) mass is 406 g/mol. The second kappa shape index (κ2) is 8.77. The SMILES string of the molecule is COC(=O)Nc1cccc(-c2ccc([C@@]3(CC(=O)NO)CCCCS3)s2)c1. The van der Waals surface area contributed by atoms with Gasteiger partial charge in [0.25, 0.3) is 0 Å². The first-order chi connectivity index (χ1) is 13.1. The van der Waals surface area contributed by atoms with Crippen LogP contribution in [0.2, 0.25) is 0 Å². The largest absolute Gasteiger partial charge is 0.453 e. The summed E-state index contributed by atoms with van der Waals surface area (Å²) in [5.74, 6) is 0.647. The van der Waals surface area contributed by atoms with E-state index in [9.17, 15) is 9.59 Å². The van der Waals surface area contributed by atoms with Crippen LogP contribution in [0.15, 0.2) is 36.4 Å². The third-order valence-electron chi connectivity index (χ3n) is 4.56. The maximum atomic E-state index is 11.9. The molecular formula is C19H22N2O4S2. The molecule has 3 rings (SSSR count). The highest BCUT2D eigenvalue weighted by atomic mass is 32.2. The number of rotatable bonds is 5. The molecule has 27 heavy (non-hydrogen) atoms. The van der Waals surface area contributed by atoms with Crippen molar-refractivity contribution in [3.8, 4) is 10.4 Å². The highest BCUT2D eigenvalue weighted by Crippen LogP contribution is 2.50. The first-order valence-corrected chi connectivity index (χ1v) is 10.5. The van der Waals surface area contributed by atoms with Gasteiger partial charge in [-0.3, -0.25) is 15.3 Å². The van der Waals surface area contributed by atoms with E-state index in [-0.39, 0.29) is 17.1 Å². The number of thioether (sulfide) groups is 1. The molecule has 1 aliphatic heterocycles. The van der Waals surface area contributed by atoms with Gasteiger partial charge in [0.2, 0.25) is 5.91 Å². The van der Waals surface area contributed by atoms with E-state index >= 15 is 0 Å². The standard InChI is InChI=1S/C19H22N2O4S2/c1-25-18(23)20-14-6-4-5-13(11-14)15-7-8-16(27-15)19(12-17(22)21-24)9-2-3-10-26-19/h4-8,11,24H,2-3,9-10,12H2,1H3,(H,20,23)(H,21,22)/t19-/m0/s1. The summed E-state index contributed by atoms with van der Waals surface area (Å²) in [6, 6.07) is 11.7. The van der Waals surface area contributed by atoms with Gasteiger partial charge in [0.05, 0.1) is 11.9 Å². The third-order valence-corrected chi connectivity index (χ3v) is 7.64. The Morgan fingerprint density at radius 2 is 2.11 bits per heavy atom. The normalized spacial score (nSPS) is 19.3. The van der Waals surface area contributed by atoms with Crippen LogP contribution in [-0.2, 0) is 14.3 Å². The van der Waals surface area contributed by atoms with Gasteiger partial charge < -0.3 is 4.74 Å². The van der Waals surface area contributed by atoms with Crippen LogP contribution in [0.1, 0.15) is 30.6 Å². The van der Waals surface area contributed by atoms with Crippen molar-refractivity contribution < 1.29 is 19.5 Å². The first kappa shape index (κ1) is 19.7.